The van der Waals surface area contributed by atoms with Crippen LogP contribution in [0.4, 0.5) is 0 Å². The van der Waals surface area contributed by atoms with Crippen molar-refractivity contribution in [1.29, 1.82) is 0 Å². The van der Waals surface area contributed by atoms with Crippen LogP contribution in [-0.4, -0.2) is 20.6 Å². The number of imidazole rings is 1. The number of nitrogens with zero attached hydrogens (tertiary/aromatic N) is 2. The van der Waals surface area contributed by atoms with E-state index in [2.05, 4.69) is 27.5 Å². The van der Waals surface area contributed by atoms with Crippen molar-refractivity contribution in [3.05, 3.63) is 65.2 Å². The maximum atomic E-state index is 11.1. The molecule has 0 aliphatic rings. The molecule has 1 heterocycles. The molecule has 4 nitrogen and oxygen atoms in total. The van der Waals surface area contributed by atoms with E-state index in [0.717, 1.165) is 10.0 Å². The highest BCUT2D eigenvalue weighted by molar-refractivity contribution is 9.10. The lowest BCUT2D eigenvalue weighted by Crippen LogP contribution is -2.14. The predicted octanol–water partition coefficient (Wildman–Crippen LogP) is 3.12. The van der Waals surface area contributed by atoms with Crippen LogP contribution in [0.15, 0.2) is 53.9 Å². The first-order valence-corrected chi connectivity index (χ1v) is 6.06. The molecule has 0 unspecified atom stereocenters. The van der Waals surface area contributed by atoms with Gasteiger partial charge in [-0.1, -0.05) is 40.2 Å². The molecule has 0 aliphatic heterocycles. The smallest absolute Gasteiger partial charge is 0.354 e. The molecule has 0 aliphatic carbocycles. The van der Waals surface area contributed by atoms with E-state index in [-0.39, 0.29) is 11.7 Å². The summed E-state index contributed by atoms with van der Waals surface area (Å²) in [6, 6.07) is 7.35. The van der Waals surface area contributed by atoms with Crippen molar-refractivity contribution in [3.63, 3.8) is 0 Å². The first-order valence-electron chi connectivity index (χ1n) is 5.27. The highest BCUT2D eigenvalue weighted by atomic mass is 79.9. The van der Waals surface area contributed by atoms with Gasteiger partial charge in [0, 0.05) is 4.47 Å². The van der Waals surface area contributed by atoms with Crippen LogP contribution >= 0.6 is 15.9 Å². The first-order chi connectivity index (χ1) is 8.65. The Hall–Kier alpha value is -1.88. The van der Waals surface area contributed by atoms with Crippen molar-refractivity contribution in [2.45, 2.75) is 6.04 Å². The van der Waals surface area contributed by atoms with E-state index in [4.69, 9.17) is 5.11 Å². The Morgan fingerprint density at radius 1 is 1.50 bits per heavy atom. The Kier molecular flexibility index (Phi) is 3.62. The highest BCUT2D eigenvalue weighted by Gasteiger charge is 2.18. The summed E-state index contributed by atoms with van der Waals surface area (Å²) in [5.74, 6) is -1.01. The SMILES string of the molecule is C=C[C@@H](c1ccccc1Br)n1cncc1C(=O)O. The largest absolute Gasteiger partial charge is 0.477 e. The van der Waals surface area contributed by atoms with Gasteiger partial charge in [-0.3, -0.25) is 0 Å². The number of hydrogen-bond acceptors (Lipinski definition) is 2. The molecule has 92 valence electrons. The molecule has 5 heteroatoms. The molecule has 1 atom stereocenters. The summed E-state index contributed by atoms with van der Waals surface area (Å²) in [4.78, 5) is 15.0. The molecule has 0 saturated carbocycles. The van der Waals surface area contributed by atoms with Crippen LogP contribution in [0.5, 0.6) is 0 Å². The zero-order valence-corrected chi connectivity index (χ0v) is 11.0. The number of allylic oxidation sites excluding steroid dienone is 1. The van der Waals surface area contributed by atoms with Crippen molar-refractivity contribution in [3.8, 4) is 0 Å². The number of aromatic carboxylic acids is 1. The first kappa shape index (κ1) is 12.6. The predicted molar refractivity (Wildman–Crippen MR) is 71.7 cm³/mol. The molecule has 0 bridgehead atoms. The minimum atomic E-state index is -1.01. The Morgan fingerprint density at radius 3 is 2.83 bits per heavy atom. The second kappa shape index (κ2) is 5.18. The van der Waals surface area contributed by atoms with E-state index in [1.165, 1.54) is 12.5 Å². The van der Waals surface area contributed by atoms with Gasteiger partial charge in [-0.25, -0.2) is 9.78 Å². The fourth-order valence-electron chi connectivity index (χ4n) is 1.80. The van der Waals surface area contributed by atoms with Crippen molar-refractivity contribution >= 4 is 21.9 Å². The van der Waals surface area contributed by atoms with Crippen LogP contribution in [0.25, 0.3) is 0 Å². The van der Waals surface area contributed by atoms with E-state index in [1.54, 1.807) is 10.6 Å². The molecule has 1 N–H and O–H groups in total. The van der Waals surface area contributed by atoms with Gasteiger partial charge in [-0.2, -0.15) is 0 Å². The van der Waals surface area contributed by atoms with Crippen molar-refractivity contribution in [1.82, 2.24) is 9.55 Å². The summed E-state index contributed by atoms with van der Waals surface area (Å²) in [6.07, 6.45) is 4.51. The molecule has 1 aromatic carbocycles. The molecule has 0 radical (unpaired) electrons. The van der Waals surface area contributed by atoms with Crippen LogP contribution in [0.1, 0.15) is 22.1 Å². The monoisotopic (exact) mass is 306 g/mol. The number of hydrogen-bond donors (Lipinski definition) is 1. The van der Waals surface area contributed by atoms with E-state index in [1.807, 2.05) is 24.3 Å². The minimum absolute atomic E-state index is 0.135. The van der Waals surface area contributed by atoms with Gasteiger partial charge in [-0.15, -0.1) is 6.58 Å². The number of carbonyl (C=O) groups is 1. The molecule has 0 fully saturated rings. The molecule has 18 heavy (non-hydrogen) atoms. The lowest BCUT2D eigenvalue weighted by molar-refractivity contribution is 0.0684. The maximum Gasteiger partial charge on any atom is 0.354 e. The fourth-order valence-corrected chi connectivity index (χ4v) is 2.32. The van der Waals surface area contributed by atoms with Gasteiger partial charge in [0.05, 0.1) is 18.6 Å². The fraction of sp³-hybridized carbons (Fsp3) is 0.0769. The number of rotatable bonds is 4. The highest BCUT2D eigenvalue weighted by Crippen LogP contribution is 2.28. The minimum Gasteiger partial charge on any atom is -0.477 e. The summed E-state index contributed by atoms with van der Waals surface area (Å²) in [6.45, 7) is 3.77. The van der Waals surface area contributed by atoms with Gasteiger partial charge in [0.25, 0.3) is 0 Å². The number of carboxylic acid groups (broad SMARTS) is 1. The van der Waals surface area contributed by atoms with E-state index >= 15 is 0 Å². The third kappa shape index (κ3) is 2.22. The van der Waals surface area contributed by atoms with Gasteiger partial charge >= 0.3 is 5.97 Å². The average Bonchev–Trinajstić information content (AvgIpc) is 2.82. The quantitative estimate of drug-likeness (QED) is 0.883. The summed E-state index contributed by atoms with van der Waals surface area (Å²) in [7, 11) is 0. The standard InChI is InChI=1S/C13H11BrN2O2/c1-2-11(9-5-3-4-6-10(9)14)16-8-15-7-12(16)13(17)18/h2-8,11H,1H2,(H,17,18)/t11-/m0/s1. The van der Waals surface area contributed by atoms with Gasteiger partial charge in [0.15, 0.2) is 0 Å². The Morgan fingerprint density at radius 2 is 2.22 bits per heavy atom. The molecular weight excluding hydrogens is 296 g/mol. The average molecular weight is 307 g/mol. The third-order valence-corrected chi connectivity index (χ3v) is 3.35. The number of halogens is 1. The zero-order chi connectivity index (χ0) is 13.1. The van der Waals surface area contributed by atoms with Crippen LogP contribution in [0, 0.1) is 0 Å². The van der Waals surface area contributed by atoms with Crippen LogP contribution in [-0.2, 0) is 0 Å². The van der Waals surface area contributed by atoms with Crippen LogP contribution < -0.4 is 0 Å². The van der Waals surface area contributed by atoms with Gasteiger partial charge in [-0.05, 0) is 11.6 Å². The molecule has 2 rings (SSSR count). The summed E-state index contributed by atoms with van der Waals surface area (Å²) in [5, 5.41) is 9.11. The molecular formula is C13H11BrN2O2. The summed E-state index contributed by atoms with van der Waals surface area (Å²) < 4.78 is 2.48. The van der Waals surface area contributed by atoms with E-state index in [9.17, 15) is 4.79 Å². The third-order valence-electron chi connectivity index (χ3n) is 2.63. The molecule has 1 aromatic heterocycles. The lowest BCUT2D eigenvalue weighted by Gasteiger charge is -2.17. The van der Waals surface area contributed by atoms with Crippen LogP contribution in [0.3, 0.4) is 0 Å². The van der Waals surface area contributed by atoms with Crippen molar-refractivity contribution < 1.29 is 9.90 Å². The Labute approximate surface area is 113 Å². The summed E-state index contributed by atoms with van der Waals surface area (Å²) in [5.41, 5.74) is 1.07. The lowest BCUT2D eigenvalue weighted by atomic mass is 10.1. The molecule has 2 aromatic rings. The van der Waals surface area contributed by atoms with Crippen molar-refractivity contribution in [2.75, 3.05) is 0 Å². The Bertz CT molecular complexity index is 592. The number of benzene rings is 1. The summed E-state index contributed by atoms with van der Waals surface area (Å²) >= 11 is 3.46. The zero-order valence-electron chi connectivity index (χ0n) is 9.45. The Balaban J connectivity index is 2.53. The number of carboxylic acids is 1. The maximum absolute atomic E-state index is 11.1. The normalized spacial score (nSPS) is 12.1. The van der Waals surface area contributed by atoms with Gasteiger partial charge < -0.3 is 9.67 Å². The second-order valence-electron chi connectivity index (χ2n) is 3.69. The van der Waals surface area contributed by atoms with Crippen molar-refractivity contribution in [2.24, 2.45) is 0 Å². The van der Waals surface area contributed by atoms with Gasteiger partial charge in [0.2, 0.25) is 0 Å². The molecule has 0 spiro atoms. The van der Waals surface area contributed by atoms with E-state index in [0.29, 0.717) is 0 Å². The molecule has 0 amide bonds. The van der Waals surface area contributed by atoms with Gasteiger partial charge in [0.1, 0.15) is 5.69 Å². The topological polar surface area (TPSA) is 55.1 Å². The second-order valence-corrected chi connectivity index (χ2v) is 4.55. The van der Waals surface area contributed by atoms with E-state index < -0.39 is 5.97 Å². The van der Waals surface area contributed by atoms with Crippen LogP contribution in [0.2, 0.25) is 0 Å². The molecule has 0 saturated heterocycles. The number of aromatic nitrogens is 2.